The summed E-state index contributed by atoms with van der Waals surface area (Å²) in [7, 11) is 1.52. The third kappa shape index (κ3) is 8.11. The van der Waals surface area contributed by atoms with Crippen LogP contribution in [0.25, 0.3) is 0 Å². The van der Waals surface area contributed by atoms with Crippen molar-refractivity contribution in [3.05, 3.63) is 35.9 Å². The van der Waals surface area contributed by atoms with Gasteiger partial charge in [-0.15, -0.1) is 0 Å². The Morgan fingerprint density at radius 1 is 1.00 bits per heavy atom. The number of alkyl carbamates (subject to hydrolysis) is 1. The van der Waals surface area contributed by atoms with Crippen LogP contribution in [0.2, 0.25) is 0 Å². The first-order valence-corrected chi connectivity index (χ1v) is 9.09. The highest BCUT2D eigenvalue weighted by Gasteiger charge is 2.30. The second kappa shape index (κ2) is 9.94. The van der Waals surface area contributed by atoms with Gasteiger partial charge in [-0.3, -0.25) is 9.59 Å². The molecule has 7 heteroatoms. The van der Waals surface area contributed by atoms with E-state index in [1.54, 1.807) is 20.8 Å². The van der Waals surface area contributed by atoms with E-state index in [1.165, 1.54) is 7.05 Å². The molecule has 27 heavy (non-hydrogen) atoms. The zero-order chi connectivity index (χ0) is 20.6. The summed E-state index contributed by atoms with van der Waals surface area (Å²) in [5.74, 6) is -0.910. The standard InChI is InChI=1S/C20H31N3O4/c1-13(2)16(23-19(26)27-20(3,4)5)18(25)22-15(17(24)21-6)12-14-10-8-7-9-11-14/h7-11,13,15-16H,12H2,1-6H3,(H,21,24)(H,22,25)(H,23,26)/t15-,16+/m1/s1. The van der Waals surface area contributed by atoms with E-state index in [1.807, 2.05) is 44.2 Å². The molecule has 0 radical (unpaired) electrons. The Bertz CT molecular complexity index is 638. The molecule has 1 aromatic rings. The van der Waals surface area contributed by atoms with Gasteiger partial charge in [-0.1, -0.05) is 44.2 Å². The van der Waals surface area contributed by atoms with Crippen LogP contribution in [0.1, 0.15) is 40.2 Å². The first kappa shape index (κ1) is 22.5. The average Bonchev–Trinajstić information content (AvgIpc) is 2.57. The van der Waals surface area contributed by atoms with Gasteiger partial charge in [0, 0.05) is 13.5 Å². The summed E-state index contributed by atoms with van der Waals surface area (Å²) in [5, 5.41) is 7.90. The van der Waals surface area contributed by atoms with Crippen molar-refractivity contribution in [1.82, 2.24) is 16.0 Å². The molecule has 0 unspecified atom stereocenters. The van der Waals surface area contributed by atoms with E-state index in [4.69, 9.17) is 4.74 Å². The lowest BCUT2D eigenvalue weighted by atomic mass is 10.0. The van der Waals surface area contributed by atoms with Crippen LogP contribution in [0.3, 0.4) is 0 Å². The number of carbonyl (C=O) groups is 3. The maximum Gasteiger partial charge on any atom is 0.408 e. The van der Waals surface area contributed by atoms with Crippen molar-refractivity contribution in [2.75, 3.05) is 7.05 Å². The number of likely N-dealkylation sites (N-methyl/N-ethyl adjacent to an activating group) is 1. The van der Waals surface area contributed by atoms with Crippen molar-refractivity contribution >= 4 is 17.9 Å². The summed E-state index contributed by atoms with van der Waals surface area (Å²) in [6.07, 6.45) is -0.320. The summed E-state index contributed by atoms with van der Waals surface area (Å²) in [4.78, 5) is 37.0. The van der Waals surface area contributed by atoms with E-state index >= 15 is 0 Å². The van der Waals surface area contributed by atoms with Gasteiger partial charge in [0.2, 0.25) is 11.8 Å². The maximum absolute atomic E-state index is 12.7. The van der Waals surface area contributed by atoms with Crippen LogP contribution in [0.15, 0.2) is 30.3 Å². The summed E-state index contributed by atoms with van der Waals surface area (Å²) in [6.45, 7) is 8.87. The summed E-state index contributed by atoms with van der Waals surface area (Å²) in [5.41, 5.74) is 0.257. The average molecular weight is 377 g/mol. The zero-order valence-corrected chi connectivity index (χ0v) is 17.0. The minimum atomic E-state index is -0.817. The number of ether oxygens (including phenoxy) is 1. The highest BCUT2D eigenvalue weighted by molar-refractivity contribution is 5.91. The molecule has 0 aromatic heterocycles. The lowest BCUT2D eigenvalue weighted by molar-refractivity contribution is -0.130. The van der Waals surface area contributed by atoms with E-state index in [0.717, 1.165) is 5.56 Å². The van der Waals surface area contributed by atoms with Crippen molar-refractivity contribution in [3.8, 4) is 0 Å². The summed E-state index contributed by atoms with van der Waals surface area (Å²) in [6, 6.07) is 7.85. The Morgan fingerprint density at radius 2 is 1.59 bits per heavy atom. The molecule has 150 valence electrons. The molecule has 1 rings (SSSR count). The lowest BCUT2D eigenvalue weighted by Gasteiger charge is -2.27. The Balaban J connectivity index is 2.85. The van der Waals surface area contributed by atoms with Crippen LogP contribution in [0.4, 0.5) is 4.79 Å². The minimum Gasteiger partial charge on any atom is -0.444 e. The van der Waals surface area contributed by atoms with Crippen LogP contribution in [-0.2, 0) is 20.7 Å². The van der Waals surface area contributed by atoms with Crippen LogP contribution in [0, 0.1) is 5.92 Å². The molecule has 3 N–H and O–H groups in total. The fourth-order valence-electron chi connectivity index (χ4n) is 2.46. The van der Waals surface area contributed by atoms with Gasteiger partial charge in [-0.25, -0.2) is 4.79 Å². The smallest absolute Gasteiger partial charge is 0.408 e. The van der Waals surface area contributed by atoms with E-state index < -0.39 is 29.7 Å². The molecule has 0 aliphatic carbocycles. The lowest BCUT2D eigenvalue weighted by Crippen LogP contribution is -2.56. The third-order valence-corrected chi connectivity index (χ3v) is 3.78. The molecular formula is C20H31N3O4. The van der Waals surface area contributed by atoms with Crippen molar-refractivity contribution in [3.63, 3.8) is 0 Å². The molecule has 0 spiro atoms. The van der Waals surface area contributed by atoms with Crippen LogP contribution >= 0.6 is 0 Å². The second-order valence-corrected chi connectivity index (χ2v) is 7.73. The predicted molar refractivity (Wildman–Crippen MR) is 104 cm³/mol. The third-order valence-electron chi connectivity index (χ3n) is 3.78. The molecular weight excluding hydrogens is 346 g/mol. The Morgan fingerprint density at radius 3 is 2.07 bits per heavy atom. The van der Waals surface area contributed by atoms with Gasteiger partial charge in [0.05, 0.1) is 0 Å². The molecule has 0 heterocycles. The number of carbonyl (C=O) groups excluding carboxylic acids is 3. The largest absolute Gasteiger partial charge is 0.444 e. The van der Waals surface area contributed by atoms with Crippen molar-refractivity contribution < 1.29 is 19.1 Å². The Hall–Kier alpha value is -2.57. The molecule has 2 atom stereocenters. The number of amides is 3. The van der Waals surface area contributed by atoms with E-state index in [0.29, 0.717) is 6.42 Å². The van der Waals surface area contributed by atoms with Gasteiger partial charge < -0.3 is 20.7 Å². The van der Waals surface area contributed by atoms with E-state index in [-0.39, 0.29) is 11.8 Å². The summed E-state index contributed by atoms with van der Waals surface area (Å²) < 4.78 is 5.23. The Labute approximate surface area is 161 Å². The fourth-order valence-corrected chi connectivity index (χ4v) is 2.46. The second-order valence-electron chi connectivity index (χ2n) is 7.73. The molecule has 3 amide bonds. The number of nitrogens with one attached hydrogen (secondary N) is 3. The van der Waals surface area contributed by atoms with Crippen molar-refractivity contribution in [2.24, 2.45) is 5.92 Å². The molecule has 1 aromatic carbocycles. The van der Waals surface area contributed by atoms with Crippen LogP contribution < -0.4 is 16.0 Å². The number of benzene rings is 1. The normalized spacial score (nSPS) is 13.4. The van der Waals surface area contributed by atoms with Gasteiger partial charge >= 0.3 is 6.09 Å². The fraction of sp³-hybridized carbons (Fsp3) is 0.550. The SMILES string of the molecule is CNC(=O)[C@@H](Cc1ccccc1)NC(=O)[C@@H](NC(=O)OC(C)(C)C)C(C)C. The molecule has 7 nitrogen and oxygen atoms in total. The molecule has 0 saturated heterocycles. The van der Waals surface area contributed by atoms with Gasteiger partial charge in [0.1, 0.15) is 17.7 Å². The number of hydrogen-bond acceptors (Lipinski definition) is 4. The van der Waals surface area contributed by atoms with Gasteiger partial charge in [-0.05, 0) is 32.3 Å². The highest BCUT2D eigenvalue weighted by Crippen LogP contribution is 2.10. The number of rotatable bonds is 7. The first-order valence-electron chi connectivity index (χ1n) is 9.09. The van der Waals surface area contributed by atoms with Crippen molar-refractivity contribution in [1.29, 1.82) is 0 Å². The topological polar surface area (TPSA) is 96.5 Å². The van der Waals surface area contributed by atoms with Crippen molar-refractivity contribution in [2.45, 2.75) is 58.7 Å². The van der Waals surface area contributed by atoms with Crippen LogP contribution in [-0.4, -0.2) is 42.6 Å². The highest BCUT2D eigenvalue weighted by atomic mass is 16.6. The molecule has 0 bridgehead atoms. The first-order chi connectivity index (χ1) is 12.5. The van der Waals surface area contributed by atoms with Gasteiger partial charge in [0.15, 0.2) is 0 Å². The molecule has 0 fully saturated rings. The zero-order valence-electron chi connectivity index (χ0n) is 17.0. The van der Waals surface area contributed by atoms with Gasteiger partial charge in [-0.2, -0.15) is 0 Å². The molecule has 0 saturated carbocycles. The minimum absolute atomic E-state index is 0.181. The van der Waals surface area contributed by atoms with E-state index in [9.17, 15) is 14.4 Å². The van der Waals surface area contributed by atoms with Crippen LogP contribution in [0.5, 0.6) is 0 Å². The maximum atomic E-state index is 12.7. The quantitative estimate of drug-likeness (QED) is 0.677. The predicted octanol–water partition coefficient (Wildman–Crippen LogP) is 2.01. The molecule has 0 aliphatic rings. The molecule has 0 aliphatic heterocycles. The monoisotopic (exact) mass is 377 g/mol. The van der Waals surface area contributed by atoms with Gasteiger partial charge in [0.25, 0.3) is 0 Å². The Kier molecular flexibility index (Phi) is 8.28. The number of hydrogen-bond donors (Lipinski definition) is 3. The summed E-state index contributed by atoms with van der Waals surface area (Å²) >= 11 is 0. The van der Waals surface area contributed by atoms with E-state index in [2.05, 4.69) is 16.0 Å².